The maximum atomic E-state index is 9.72. The van der Waals surface area contributed by atoms with Gasteiger partial charge in [-0.25, -0.2) is 0 Å². The van der Waals surface area contributed by atoms with Crippen LogP contribution in [0.1, 0.15) is 65.2 Å². The van der Waals surface area contributed by atoms with Gasteiger partial charge in [0.15, 0.2) is 0 Å². The maximum Gasteiger partial charge on any atom is 0.0692 e. The van der Waals surface area contributed by atoms with Crippen LogP contribution in [0.4, 0.5) is 0 Å². The van der Waals surface area contributed by atoms with Crippen molar-refractivity contribution in [2.24, 2.45) is 5.92 Å². The van der Waals surface area contributed by atoms with Crippen molar-refractivity contribution >= 4 is 0 Å². The van der Waals surface area contributed by atoms with Gasteiger partial charge in [-0.05, 0) is 32.1 Å². The molecule has 2 N–H and O–H groups in total. The van der Waals surface area contributed by atoms with E-state index in [0.29, 0.717) is 12.0 Å². The molecule has 0 heterocycles. The van der Waals surface area contributed by atoms with Crippen molar-refractivity contribution in [1.82, 2.24) is 5.32 Å². The first kappa shape index (κ1) is 14.0. The van der Waals surface area contributed by atoms with Crippen molar-refractivity contribution in [3.63, 3.8) is 0 Å². The van der Waals surface area contributed by atoms with E-state index in [4.69, 9.17) is 0 Å². The maximum absolute atomic E-state index is 9.72. The highest BCUT2D eigenvalue weighted by Crippen LogP contribution is 2.32. The fourth-order valence-corrected chi connectivity index (χ4v) is 2.13. The molecule has 0 bridgehead atoms. The van der Waals surface area contributed by atoms with Crippen molar-refractivity contribution < 1.29 is 5.11 Å². The molecule has 2 nitrogen and oxygen atoms in total. The van der Waals surface area contributed by atoms with Gasteiger partial charge in [0.1, 0.15) is 0 Å². The second-order valence-electron chi connectivity index (χ2n) is 5.42. The van der Waals surface area contributed by atoms with Gasteiger partial charge in [-0.1, -0.05) is 39.0 Å². The van der Waals surface area contributed by atoms with Crippen LogP contribution in [0.15, 0.2) is 0 Å². The molecule has 0 aliphatic heterocycles. The lowest BCUT2D eigenvalue weighted by Crippen LogP contribution is -2.34. The highest BCUT2D eigenvalue weighted by molar-refractivity contribution is 4.82. The van der Waals surface area contributed by atoms with Gasteiger partial charge in [-0.3, -0.25) is 0 Å². The second-order valence-corrected chi connectivity index (χ2v) is 5.42. The van der Waals surface area contributed by atoms with Crippen LogP contribution >= 0.6 is 0 Å². The molecule has 2 unspecified atom stereocenters. The number of aliphatic hydroxyl groups excluding tert-OH is 1. The smallest absolute Gasteiger partial charge is 0.0692 e. The Morgan fingerprint density at radius 2 is 1.88 bits per heavy atom. The van der Waals surface area contributed by atoms with E-state index >= 15 is 0 Å². The number of rotatable bonds is 10. The quantitative estimate of drug-likeness (QED) is 0.562. The summed E-state index contributed by atoms with van der Waals surface area (Å²) in [7, 11) is 0. The van der Waals surface area contributed by atoms with E-state index in [1.165, 1.54) is 51.4 Å². The SMILES string of the molecule is CCCCCCCC(C)NCC(O)C1CC1. The van der Waals surface area contributed by atoms with E-state index < -0.39 is 0 Å². The van der Waals surface area contributed by atoms with Crippen molar-refractivity contribution in [2.45, 2.75) is 77.4 Å². The molecule has 1 fully saturated rings. The van der Waals surface area contributed by atoms with E-state index in [-0.39, 0.29) is 6.10 Å². The summed E-state index contributed by atoms with van der Waals surface area (Å²) in [5.74, 6) is 0.601. The molecule has 2 atom stereocenters. The van der Waals surface area contributed by atoms with Gasteiger partial charge >= 0.3 is 0 Å². The number of aliphatic hydroxyl groups is 1. The molecule has 1 aliphatic rings. The Kier molecular flexibility index (Phi) is 7.06. The number of hydrogen-bond acceptors (Lipinski definition) is 2. The fourth-order valence-electron chi connectivity index (χ4n) is 2.13. The Labute approximate surface area is 101 Å². The van der Waals surface area contributed by atoms with Gasteiger partial charge in [0, 0.05) is 12.6 Å². The summed E-state index contributed by atoms with van der Waals surface area (Å²) in [6.45, 7) is 5.28. The van der Waals surface area contributed by atoms with Gasteiger partial charge in [-0.15, -0.1) is 0 Å². The number of unbranched alkanes of at least 4 members (excludes halogenated alkanes) is 4. The standard InChI is InChI=1S/C14H29NO/c1-3-4-5-6-7-8-12(2)15-11-14(16)13-9-10-13/h12-16H,3-11H2,1-2H3. The zero-order valence-electron chi connectivity index (χ0n) is 11.0. The van der Waals surface area contributed by atoms with Gasteiger partial charge in [-0.2, -0.15) is 0 Å². The number of hydrogen-bond donors (Lipinski definition) is 2. The van der Waals surface area contributed by atoms with Gasteiger partial charge in [0.05, 0.1) is 6.10 Å². The zero-order valence-corrected chi connectivity index (χ0v) is 11.0. The summed E-state index contributed by atoms with van der Waals surface area (Å²) in [5.41, 5.74) is 0. The van der Waals surface area contributed by atoms with E-state index in [9.17, 15) is 5.11 Å². The van der Waals surface area contributed by atoms with Crippen LogP contribution in [0.5, 0.6) is 0 Å². The summed E-state index contributed by atoms with van der Waals surface area (Å²) < 4.78 is 0. The average Bonchev–Trinajstić information content (AvgIpc) is 3.09. The minimum Gasteiger partial charge on any atom is -0.392 e. The Balaban J connectivity index is 1.87. The highest BCUT2D eigenvalue weighted by Gasteiger charge is 2.29. The predicted octanol–water partition coefficient (Wildman–Crippen LogP) is 3.10. The van der Waals surface area contributed by atoms with Crippen LogP contribution in [-0.4, -0.2) is 23.8 Å². The molecular formula is C14H29NO. The monoisotopic (exact) mass is 227 g/mol. The molecule has 16 heavy (non-hydrogen) atoms. The second kappa shape index (κ2) is 8.08. The first-order valence-electron chi connectivity index (χ1n) is 7.15. The van der Waals surface area contributed by atoms with Crippen molar-refractivity contribution in [3.05, 3.63) is 0 Å². The van der Waals surface area contributed by atoms with Gasteiger partial charge < -0.3 is 10.4 Å². The fraction of sp³-hybridized carbons (Fsp3) is 1.00. The van der Waals surface area contributed by atoms with Crippen LogP contribution in [0.25, 0.3) is 0 Å². The van der Waals surface area contributed by atoms with Crippen molar-refractivity contribution in [1.29, 1.82) is 0 Å². The summed E-state index contributed by atoms with van der Waals surface area (Å²) in [5, 5.41) is 13.2. The molecule has 0 aromatic heterocycles. The van der Waals surface area contributed by atoms with E-state index in [1.54, 1.807) is 0 Å². The molecule has 0 saturated heterocycles. The summed E-state index contributed by atoms with van der Waals surface area (Å²) >= 11 is 0. The third kappa shape index (κ3) is 6.49. The topological polar surface area (TPSA) is 32.3 Å². The molecule has 2 heteroatoms. The van der Waals surface area contributed by atoms with E-state index in [1.807, 2.05) is 0 Å². The van der Waals surface area contributed by atoms with Gasteiger partial charge in [0.25, 0.3) is 0 Å². The lowest BCUT2D eigenvalue weighted by atomic mass is 10.1. The molecule has 0 aromatic carbocycles. The van der Waals surface area contributed by atoms with Crippen LogP contribution in [0.3, 0.4) is 0 Å². The Morgan fingerprint density at radius 3 is 2.50 bits per heavy atom. The van der Waals surface area contributed by atoms with Crippen LogP contribution in [0.2, 0.25) is 0 Å². The van der Waals surface area contributed by atoms with Crippen LogP contribution in [0, 0.1) is 5.92 Å². The third-order valence-electron chi connectivity index (χ3n) is 3.58. The zero-order chi connectivity index (χ0) is 11.8. The molecule has 96 valence electrons. The Bertz CT molecular complexity index is 168. The summed E-state index contributed by atoms with van der Waals surface area (Å²) in [4.78, 5) is 0. The van der Waals surface area contributed by atoms with E-state index in [2.05, 4.69) is 19.2 Å². The lowest BCUT2D eigenvalue weighted by Gasteiger charge is -2.16. The molecular weight excluding hydrogens is 198 g/mol. The molecule has 0 aromatic rings. The molecule has 0 spiro atoms. The lowest BCUT2D eigenvalue weighted by molar-refractivity contribution is 0.144. The largest absolute Gasteiger partial charge is 0.392 e. The molecule has 0 radical (unpaired) electrons. The van der Waals surface area contributed by atoms with Crippen molar-refractivity contribution in [2.75, 3.05) is 6.54 Å². The first-order valence-corrected chi connectivity index (χ1v) is 7.15. The minimum absolute atomic E-state index is 0.0949. The summed E-state index contributed by atoms with van der Waals surface area (Å²) in [6, 6.07) is 0.565. The summed E-state index contributed by atoms with van der Waals surface area (Å²) in [6.07, 6.45) is 10.4. The Hall–Kier alpha value is -0.0800. The minimum atomic E-state index is -0.0949. The first-order chi connectivity index (χ1) is 7.74. The van der Waals surface area contributed by atoms with E-state index in [0.717, 1.165) is 6.54 Å². The average molecular weight is 227 g/mol. The van der Waals surface area contributed by atoms with Crippen molar-refractivity contribution in [3.8, 4) is 0 Å². The van der Waals surface area contributed by atoms with Crippen LogP contribution in [-0.2, 0) is 0 Å². The molecule has 1 saturated carbocycles. The molecule has 1 rings (SSSR count). The van der Waals surface area contributed by atoms with Crippen LogP contribution < -0.4 is 5.32 Å². The predicted molar refractivity (Wildman–Crippen MR) is 69.6 cm³/mol. The number of nitrogens with one attached hydrogen (secondary N) is 1. The molecule has 0 amide bonds. The third-order valence-corrected chi connectivity index (χ3v) is 3.58. The Morgan fingerprint density at radius 1 is 1.19 bits per heavy atom. The highest BCUT2D eigenvalue weighted by atomic mass is 16.3. The molecule has 1 aliphatic carbocycles. The van der Waals surface area contributed by atoms with Gasteiger partial charge in [0.2, 0.25) is 0 Å². The normalized spacial score (nSPS) is 19.7.